The molecule has 3 aromatic rings. The lowest BCUT2D eigenvalue weighted by molar-refractivity contribution is 0.0995. The van der Waals surface area contributed by atoms with Crippen molar-refractivity contribution in [3.05, 3.63) is 58.9 Å². The number of aryl methyl sites for hydroxylation is 1. The van der Waals surface area contributed by atoms with E-state index in [1.54, 1.807) is 19.1 Å². The number of rotatable bonds is 3. The first kappa shape index (κ1) is 16.6. The van der Waals surface area contributed by atoms with Crippen LogP contribution in [0.5, 0.6) is 0 Å². The van der Waals surface area contributed by atoms with Crippen LogP contribution in [-0.2, 0) is 16.9 Å². The maximum atomic E-state index is 12.6. The SMILES string of the molecule is CCS(=O)(=O)c1ccccc1C(=O)N=c1sc2ccccc2n1C. The van der Waals surface area contributed by atoms with Gasteiger partial charge < -0.3 is 4.57 Å². The van der Waals surface area contributed by atoms with Crippen LogP contribution in [0.3, 0.4) is 0 Å². The van der Waals surface area contributed by atoms with E-state index in [0.29, 0.717) is 4.80 Å². The first-order valence-electron chi connectivity index (χ1n) is 7.39. The minimum atomic E-state index is -3.49. The van der Waals surface area contributed by atoms with Crippen molar-refractivity contribution < 1.29 is 13.2 Å². The summed E-state index contributed by atoms with van der Waals surface area (Å²) in [5.41, 5.74) is 1.08. The maximum absolute atomic E-state index is 12.6. The molecule has 7 heteroatoms. The Kier molecular flexibility index (Phi) is 4.38. The molecule has 0 aliphatic rings. The van der Waals surface area contributed by atoms with Gasteiger partial charge in [0.1, 0.15) is 0 Å². The summed E-state index contributed by atoms with van der Waals surface area (Å²) in [4.78, 5) is 17.3. The third kappa shape index (κ3) is 2.92. The summed E-state index contributed by atoms with van der Waals surface area (Å²) in [6.45, 7) is 1.56. The number of para-hydroxylation sites is 1. The van der Waals surface area contributed by atoms with Crippen molar-refractivity contribution in [3.8, 4) is 0 Å². The fourth-order valence-corrected chi connectivity index (χ4v) is 4.51. The largest absolute Gasteiger partial charge is 0.319 e. The van der Waals surface area contributed by atoms with E-state index in [1.807, 2.05) is 35.9 Å². The van der Waals surface area contributed by atoms with E-state index in [4.69, 9.17) is 0 Å². The third-order valence-electron chi connectivity index (χ3n) is 3.74. The van der Waals surface area contributed by atoms with Gasteiger partial charge in [-0.1, -0.05) is 42.5 Å². The van der Waals surface area contributed by atoms with Crippen LogP contribution in [0.1, 0.15) is 17.3 Å². The van der Waals surface area contributed by atoms with Gasteiger partial charge in [-0.25, -0.2) is 8.42 Å². The third-order valence-corrected chi connectivity index (χ3v) is 6.64. The number of nitrogens with zero attached hydrogens (tertiary/aromatic N) is 2. The van der Waals surface area contributed by atoms with Crippen LogP contribution in [0.2, 0.25) is 0 Å². The Morgan fingerprint density at radius 2 is 1.79 bits per heavy atom. The first-order valence-corrected chi connectivity index (χ1v) is 9.86. The minimum absolute atomic E-state index is 0.0324. The van der Waals surface area contributed by atoms with Crippen LogP contribution >= 0.6 is 11.3 Å². The monoisotopic (exact) mass is 360 g/mol. The molecule has 0 saturated heterocycles. The van der Waals surface area contributed by atoms with E-state index in [0.717, 1.165) is 10.2 Å². The van der Waals surface area contributed by atoms with Gasteiger partial charge in [0, 0.05) is 7.05 Å². The van der Waals surface area contributed by atoms with Crippen LogP contribution < -0.4 is 4.80 Å². The van der Waals surface area contributed by atoms with Gasteiger partial charge in [0.05, 0.1) is 26.4 Å². The highest BCUT2D eigenvalue weighted by atomic mass is 32.2. The number of carbonyl (C=O) groups excluding carboxylic acids is 1. The van der Waals surface area contributed by atoms with Crippen molar-refractivity contribution in [1.82, 2.24) is 4.57 Å². The fourth-order valence-electron chi connectivity index (χ4n) is 2.41. The zero-order chi connectivity index (χ0) is 17.3. The summed E-state index contributed by atoms with van der Waals surface area (Å²) in [6.07, 6.45) is 0. The smallest absolute Gasteiger partial charge is 0.280 e. The molecule has 0 unspecified atom stereocenters. The van der Waals surface area contributed by atoms with Crippen LogP contribution in [0.25, 0.3) is 10.2 Å². The molecule has 0 bridgehead atoms. The number of hydrogen-bond donors (Lipinski definition) is 0. The molecule has 3 rings (SSSR count). The van der Waals surface area contributed by atoms with E-state index in [2.05, 4.69) is 4.99 Å². The Morgan fingerprint density at radius 1 is 1.12 bits per heavy atom. The number of sulfone groups is 1. The molecule has 5 nitrogen and oxygen atoms in total. The van der Waals surface area contributed by atoms with Crippen LogP contribution in [-0.4, -0.2) is 24.6 Å². The second-order valence-electron chi connectivity index (χ2n) is 5.23. The van der Waals surface area contributed by atoms with Crippen LogP contribution in [0, 0.1) is 0 Å². The van der Waals surface area contributed by atoms with Gasteiger partial charge in [-0.3, -0.25) is 4.79 Å². The molecule has 0 N–H and O–H groups in total. The Labute approximate surface area is 143 Å². The molecule has 0 atom stereocenters. The molecule has 1 heterocycles. The van der Waals surface area contributed by atoms with E-state index in [1.165, 1.54) is 23.5 Å². The van der Waals surface area contributed by atoms with Crippen molar-refractivity contribution in [1.29, 1.82) is 0 Å². The molecule has 2 aromatic carbocycles. The zero-order valence-electron chi connectivity index (χ0n) is 13.3. The molecular weight excluding hydrogens is 344 g/mol. The fraction of sp³-hybridized carbons (Fsp3) is 0.176. The number of carbonyl (C=O) groups is 1. The van der Waals surface area contributed by atoms with Crippen LogP contribution in [0.15, 0.2) is 58.4 Å². The highest BCUT2D eigenvalue weighted by molar-refractivity contribution is 7.91. The second-order valence-corrected chi connectivity index (χ2v) is 8.48. The lowest BCUT2D eigenvalue weighted by atomic mass is 10.2. The standard InChI is InChI=1S/C17H16N2O3S2/c1-3-24(21,22)15-11-7-4-8-12(15)16(20)18-17-19(2)13-9-5-6-10-14(13)23-17/h4-11H,3H2,1-2H3. The molecule has 124 valence electrons. The molecule has 1 amide bonds. The highest BCUT2D eigenvalue weighted by Crippen LogP contribution is 2.19. The quantitative estimate of drug-likeness (QED) is 0.721. The predicted molar refractivity (Wildman–Crippen MR) is 94.9 cm³/mol. The molecule has 0 aliphatic heterocycles. The van der Waals surface area contributed by atoms with Gasteiger partial charge in [-0.05, 0) is 24.3 Å². The van der Waals surface area contributed by atoms with E-state index >= 15 is 0 Å². The zero-order valence-corrected chi connectivity index (χ0v) is 14.9. The predicted octanol–water partition coefficient (Wildman–Crippen LogP) is 2.77. The van der Waals surface area contributed by atoms with Crippen molar-refractivity contribution in [2.24, 2.45) is 12.0 Å². The minimum Gasteiger partial charge on any atom is -0.319 e. The molecule has 0 radical (unpaired) electrons. The van der Waals surface area contributed by atoms with Gasteiger partial charge in [0.25, 0.3) is 5.91 Å². The van der Waals surface area contributed by atoms with Gasteiger partial charge in [-0.2, -0.15) is 4.99 Å². The number of aromatic nitrogens is 1. The van der Waals surface area contributed by atoms with Crippen molar-refractivity contribution >= 4 is 37.3 Å². The Morgan fingerprint density at radius 3 is 2.50 bits per heavy atom. The summed E-state index contributed by atoms with van der Waals surface area (Å²) in [7, 11) is -1.65. The number of hydrogen-bond acceptors (Lipinski definition) is 4. The number of fused-ring (bicyclic) bond motifs is 1. The van der Waals surface area contributed by atoms with Gasteiger partial charge in [-0.15, -0.1) is 0 Å². The summed E-state index contributed by atoms with van der Waals surface area (Å²) in [5.74, 6) is -0.613. The Hall–Kier alpha value is -2.25. The highest BCUT2D eigenvalue weighted by Gasteiger charge is 2.20. The summed E-state index contributed by atoms with van der Waals surface area (Å²) in [5, 5.41) is 0. The topological polar surface area (TPSA) is 68.5 Å². The van der Waals surface area contributed by atoms with E-state index in [-0.39, 0.29) is 16.2 Å². The van der Waals surface area contributed by atoms with E-state index < -0.39 is 15.7 Å². The molecular formula is C17H16N2O3S2. The molecule has 0 saturated carbocycles. The van der Waals surface area contributed by atoms with Crippen molar-refractivity contribution in [2.45, 2.75) is 11.8 Å². The summed E-state index contributed by atoms with van der Waals surface area (Å²) < 4.78 is 27.2. The number of amides is 1. The average Bonchev–Trinajstić information content (AvgIpc) is 2.91. The molecule has 0 spiro atoms. The Bertz CT molecular complexity index is 1090. The lowest BCUT2D eigenvalue weighted by Crippen LogP contribution is -2.15. The van der Waals surface area contributed by atoms with Crippen molar-refractivity contribution in [2.75, 3.05) is 5.75 Å². The van der Waals surface area contributed by atoms with Crippen molar-refractivity contribution in [3.63, 3.8) is 0 Å². The van der Waals surface area contributed by atoms with Gasteiger partial charge in [0.15, 0.2) is 14.6 Å². The van der Waals surface area contributed by atoms with Gasteiger partial charge in [0.2, 0.25) is 0 Å². The maximum Gasteiger partial charge on any atom is 0.280 e. The molecule has 1 aromatic heterocycles. The lowest BCUT2D eigenvalue weighted by Gasteiger charge is -2.05. The number of benzene rings is 2. The van der Waals surface area contributed by atoms with E-state index in [9.17, 15) is 13.2 Å². The van der Waals surface area contributed by atoms with Gasteiger partial charge >= 0.3 is 0 Å². The summed E-state index contributed by atoms with van der Waals surface area (Å²) in [6, 6.07) is 14.0. The second kappa shape index (κ2) is 6.33. The average molecular weight is 360 g/mol. The summed E-state index contributed by atoms with van der Waals surface area (Å²) >= 11 is 1.39. The molecule has 0 fully saturated rings. The normalized spacial score (nSPS) is 12.7. The first-order chi connectivity index (χ1) is 11.4. The Balaban J connectivity index is 2.15. The van der Waals surface area contributed by atoms with Crippen LogP contribution in [0.4, 0.5) is 0 Å². The molecule has 0 aliphatic carbocycles. The number of thiazole rings is 1. The molecule has 24 heavy (non-hydrogen) atoms.